The Balaban J connectivity index is 1.40. The number of hydrogen-bond acceptors (Lipinski definition) is 6. The van der Waals surface area contributed by atoms with Crippen LogP contribution >= 0.6 is 0 Å². The first-order valence-electron chi connectivity index (χ1n) is 9.16. The van der Waals surface area contributed by atoms with Gasteiger partial charge in [-0.2, -0.15) is 5.10 Å². The fourth-order valence-electron chi connectivity index (χ4n) is 3.51. The van der Waals surface area contributed by atoms with Gasteiger partial charge in [-0.25, -0.2) is 4.39 Å². The summed E-state index contributed by atoms with van der Waals surface area (Å²) in [5.74, 6) is 0.887. The molecule has 1 atom stereocenters. The number of benzene rings is 1. The van der Waals surface area contributed by atoms with Gasteiger partial charge in [0.1, 0.15) is 5.82 Å². The van der Waals surface area contributed by atoms with Crippen molar-refractivity contribution in [1.82, 2.24) is 24.9 Å². The number of likely N-dealkylation sites (tertiary alicyclic amines) is 1. The number of rotatable bonds is 6. The Morgan fingerprint density at radius 1 is 1.26 bits per heavy atom. The predicted octanol–water partition coefficient (Wildman–Crippen LogP) is 2.44. The van der Waals surface area contributed by atoms with Crippen molar-refractivity contribution in [1.29, 1.82) is 0 Å². The van der Waals surface area contributed by atoms with E-state index in [9.17, 15) is 4.39 Å². The molecule has 0 aliphatic carbocycles. The first-order valence-corrected chi connectivity index (χ1v) is 9.16. The number of aromatic nitrogens is 4. The third-order valence-electron chi connectivity index (χ3n) is 4.81. The normalized spacial score (nSPS) is 18.1. The molecule has 1 aromatic carbocycles. The first-order chi connectivity index (χ1) is 13.2. The van der Waals surface area contributed by atoms with E-state index in [0.717, 1.165) is 31.6 Å². The minimum absolute atomic E-state index is 0.0860. The zero-order valence-corrected chi connectivity index (χ0v) is 15.0. The van der Waals surface area contributed by atoms with E-state index in [1.165, 1.54) is 12.1 Å². The minimum atomic E-state index is -0.327. The Morgan fingerprint density at radius 2 is 2.19 bits per heavy atom. The highest BCUT2D eigenvalue weighted by atomic mass is 19.1. The average Bonchev–Trinajstić information content (AvgIpc) is 3.32. The van der Waals surface area contributed by atoms with Crippen molar-refractivity contribution in [3.8, 4) is 11.5 Å². The van der Waals surface area contributed by atoms with Crippen molar-refractivity contribution < 1.29 is 13.9 Å². The molecule has 1 aliphatic rings. The molecule has 3 aromatic rings. The monoisotopic (exact) mass is 371 g/mol. The van der Waals surface area contributed by atoms with E-state index in [2.05, 4.69) is 20.2 Å². The summed E-state index contributed by atoms with van der Waals surface area (Å²) in [6.45, 7) is 3.00. The van der Waals surface area contributed by atoms with E-state index in [1.54, 1.807) is 16.8 Å². The molecule has 0 spiro atoms. The van der Waals surface area contributed by atoms with Crippen LogP contribution in [-0.2, 0) is 13.1 Å². The third kappa shape index (κ3) is 4.23. The fraction of sp³-hybridized carbons (Fsp3) is 0.421. The lowest BCUT2D eigenvalue weighted by Gasteiger charge is -2.30. The summed E-state index contributed by atoms with van der Waals surface area (Å²) in [7, 11) is 0. The van der Waals surface area contributed by atoms with Crippen LogP contribution in [0.4, 0.5) is 4.39 Å². The molecule has 0 radical (unpaired) electrons. The standard InChI is InChI=1S/C19H22FN5O2/c20-16-5-1-3-14(11-16)19-22-21-18(27-19)13-24-7-2-4-15(12-24)17-6-8-25(23-17)9-10-26/h1,3,5-6,8,11,15,26H,2,4,7,9-10,12-13H2/t15-/m0/s1. The quantitative estimate of drug-likeness (QED) is 0.717. The second kappa shape index (κ2) is 7.98. The Kier molecular flexibility index (Phi) is 5.26. The maximum Gasteiger partial charge on any atom is 0.247 e. The van der Waals surface area contributed by atoms with Crippen LogP contribution in [0.15, 0.2) is 40.9 Å². The number of hydrogen-bond donors (Lipinski definition) is 1. The molecule has 1 saturated heterocycles. The minimum Gasteiger partial charge on any atom is -0.419 e. The summed E-state index contributed by atoms with van der Waals surface area (Å²) in [5.41, 5.74) is 1.64. The Bertz CT molecular complexity index is 894. The van der Waals surface area contributed by atoms with Gasteiger partial charge in [0.15, 0.2) is 0 Å². The van der Waals surface area contributed by atoms with Crippen LogP contribution in [-0.4, -0.2) is 49.7 Å². The summed E-state index contributed by atoms with van der Waals surface area (Å²) >= 11 is 0. The van der Waals surface area contributed by atoms with Crippen LogP contribution in [0.2, 0.25) is 0 Å². The number of aliphatic hydroxyl groups excluding tert-OH is 1. The van der Waals surface area contributed by atoms with Crippen LogP contribution in [0, 0.1) is 5.82 Å². The van der Waals surface area contributed by atoms with Crippen LogP contribution in [0.3, 0.4) is 0 Å². The molecular formula is C19H22FN5O2. The number of halogens is 1. The first kappa shape index (κ1) is 17.8. The molecule has 7 nitrogen and oxygen atoms in total. The van der Waals surface area contributed by atoms with Crippen molar-refractivity contribution in [2.24, 2.45) is 0 Å². The Hall–Kier alpha value is -2.58. The molecule has 4 rings (SSSR count). The highest BCUT2D eigenvalue weighted by Gasteiger charge is 2.24. The molecule has 8 heteroatoms. The summed E-state index contributed by atoms with van der Waals surface area (Å²) in [6.07, 6.45) is 4.07. The molecule has 0 amide bonds. The number of nitrogens with zero attached hydrogens (tertiary/aromatic N) is 5. The zero-order chi connectivity index (χ0) is 18.6. The van der Waals surface area contributed by atoms with E-state index in [1.807, 2.05) is 12.3 Å². The largest absolute Gasteiger partial charge is 0.419 e. The highest BCUT2D eigenvalue weighted by molar-refractivity contribution is 5.52. The molecule has 1 N–H and O–H groups in total. The van der Waals surface area contributed by atoms with Crippen molar-refractivity contribution in [2.75, 3.05) is 19.7 Å². The molecule has 2 aromatic heterocycles. The van der Waals surface area contributed by atoms with Gasteiger partial charge in [0.25, 0.3) is 0 Å². The zero-order valence-electron chi connectivity index (χ0n) is 15.0. The summed E-state index contributed by atoms with van der Waals surface area (Å²) in [6, 6.07) is 8.17. The van der Waals surface area contributed by atoms with Crippen molar-refractivity contribution in [2.45, 2.75) is 31.8 Å². The lowest BCUT2D eigenvalue weighted by atomic mass is 9.95. The second-order valence-electron chi connectivity index (χ2n) is 6.81. The van der Waals surface area contributed by atoms with E-state index in [-0.39, 0.29) is 12.4 Å². The summed E-state index contributed by atoms with van der Waals surface area (Å²) in [4.78, 5) is 2.28. The lowest BCUT2D eigenvalue weighted by molar-refractivity contribution is 0.182. The molecule has 1 fully saturated rings. The average molecular weight is 371 g/mol. The molecule has 0 bridgehead atoms. The van der Waals surface area contributed by atoms with Crippen LogP contribution in [0.25, 0.3) is 11.5 Å². The molecule has 0 saturated carbocycles. The van der Waals surface area contributed by atoms with Gasteiger partial charge in [0.05, 0.1) is 25.4 Å². The fourth-order valence-corrected chi connectivity index (χ4v) is 3.51. The number of aliphatic hydroxyl groups is 1. The maximum absolute atomic E-state index is 13.4. The van der Waals surface area contributed by atoms with Gasteiger partial charge in [0.2, 0.25) is 11.8 Å². The topological polar surface area (TPSA) is 80.2 Å². The smallest absolute Gasteiger partial charge is 0.247 e. The van der Waals surface area contributed by atoms with Gasteiger partial charge >= 0.3 is 0 Å². The second-order valence-corrected chi connectivity index (χ2v) is 6.81. The molecule has 142 valence electrons. The SMILES string of the molecule is OCCn1ccc([C@H]2CCCN(Cc3nnc(-c4cccc(F)c4)o3)C2)n1. The van der Waals surface area contributed by atoms with E-state index in [4.69, 9.17) is 9.52 Å². The van der Waals surface area contributed by atoms with Gasteiger partial charge in [0, 0.05) is 24.2 Å². The predicted molar refractivity (Wildman–Crippen MR) is 96.3 cm³/mol. The molecule has 27 heavy (non-hydrogen) atoms. The Labute approximate surface area is 156 Å². The lowest BCUT2D eigenvalue weighted by Crippen LogP contribution is -2.34. The van der Waals surface area contributed by atoms with Gasteiger partial charge in [-0.3, -0.25) is 9.58 Å². The van der Waals surface area contributed by atoms with Crippen molar-refractivity contribution >= 4 is 0 Å². The van der Waals surface area contributed by atoms with Crippen LogP contribution < -0.4 is 0 Å². The van der Waals surface area contributed by atoms with E-state index in [0.29, 0.717) is 36.4 Å². The molecular weight excluding hydrogens is 349 g/mol. The summed E-state index contributed by atoms with van der Waals surface area (Å²) < 4.78 is 20.9. The van der Waals surface area contributed by atoms with E-state index < -0.39 is 0 Å². The van der Waals surface area contributed by atoms with Crippen molar-refractivity contribution in [3.05, 3.63) is 53.9 Å². The summed E-state index contributed by atoms with van der Waals surface area (Å²) in [5, 5.41) is 21.8. The Morgan fingerprint density at radius 3 is 3.04 bits per heavy atom. The van der Waals surface area contributed by atoms with E-state index >= 15 is 0 Å². The van der Waals surface area contributed by atoms with Crippen molar-refractivity contribution in [3.63, 3.8) is 0 Å². The molecule has 3 heterocycles. The maximum atomic E-state index is 13.4. The van der Waals surface area contributed by atoms with Crippen LogP contribution in [0.1, 0.15) is 30.3 Å². The van der Waals surface area contributed by atoms with Gasteiger partial charge < -0.3 is 9.52 Å². The third-order valence-corrected chi connectivity index (χ3v) is 4.81. The van der Waals surface area contributed by atoms with Gasteiger partial charge in [-0.15, -0.1) is 10.2 Å². The highest BCUT2D eigenvalue weighted by Crippen LogP contribution is 2.27. The molecule has 1 aliphatic heterocycles. The van der Waals surface area contributed by atoms with Gasteiger partial charge in [-0.1, -0.05) is 6.07 Å². The molecule has 0 unspecified atom stereocenters. The number of piperidine rings is 1. The van der Waals surface area contributed by atoms with Gasteiger partial charge in [-0.05, 0) is 43.7 Å². The van der Waals surface area contributed by atoms with Crippen LogP contribution in [0.5, 0.6) is 0 Å².